The third-order valence-electron chi connectivity index (χ3n) is 5.87. The van der Waals surface area contributed by atoms with E-state index in [2.05, 4.69) is 4.98 Å². The van der Waals surface area contributed by atoms with Gasteiger partial charge in [-0.1, -0.05) is 24.3 Å². The van der Waals surface area contributed by atoms with E-state index in [0.717, 1.165) is 23.4 Å². The number of benzene rings is 1. The first-order chi connectivity index (χ1) is 15.2. The number of alkyl halides is 3. The fourth-order valence-corrected chi connectivity index (χ4v) is 4.13. The summed E-state index contributed by atoms with van der Waals surface area (Å²) in [6.07, 6.45) is 0.165. The van der Waals surface area contributed by atoms with Crippen LogP contribution in [0.15, 0.2) is 48.8 Å². The summed E-state index contributed by atoms with van der Waals surface area (Å²) in [5, 5.41) is 0. The van der Waals surface area contributed by atoms with E-state index in [1.54, 1.807) is 16.0 Å². The second-order valence-electron chi connectivity index (χ2n) is 7.86. The van der Waals surface area contributed by atoms with Crippen molar-refractivity contribution < 1.29 is 22.8 Å². The number of halogens is 3. The summed E-state index contributed by atoms with van der Waals surface area (Å²) in [5.41, 5.74) is 1.14. The first-order valence-corrected chi connectivity index (χ1v) is 10.4. The van der Waals surface area contributed by atoms with Crippen LogP contribution >= 0.6 is 0 Å². The standard InChI is InChI=1S/C23H23F3N4O2/c1-16(31)30-9-8-17-4-2-3-5-19(17)20(30)14-22(32)29-12-10-28(11-13-29)21-7-6-18(15-27-21)23(24,25)26/h2-9,15,20H,10-14H2,1H3/t20-/m1/s1. The van der Waals surface area contributed by atoms with Crippen molar-refractivity contribution in [3.05, 3.63) is 65.5 Å². The Morgan fingerprint density at radius 1 is 1.06 bits per heavy atom. The molecule has 4 rings (SSSR count). The van der Waals surface area contributed by atoms with Crippen LogP contribution in [0.3, 0.4) is 0 Å². The average molecular weight is 444 g/mol. The van der Waals surface area contributed by atoms with E-state index in [9.17, 15) is 22.8 Å². The molecule has 0 unspecified atom stereocenters. The molecule has 1 atom stereocenters. The Morgan fingerprint density at radius 3 is 2.41 bits per heavy atom. The molecule has 1 aromatic heterocycles. The van der Waals surface area contributed by atoms with Crippen LogP contribution in [0, 0.1) is 0 Å². The van der Waals surface area contributed by atoms with Gasteiger partial charge in [-0.05, 0) is 29.3 Å². The third-order valence-corrected chi connectivity index (χ3v) is 5.87. The van der Waals surface area contributed by atoms with Crippen LogP contribution in [0.25, 0.3) is 6.08 Å². The minimum Gasteiger partial charge on any atom is -0.353 e. The van der Waals surface area contributed by atoms with Crippen molar-refractivity contribution in [1.29, 1.82) is 0 Å². The molecule has 1 saturated heterocycles. The van der Waals surface area contributed by atoms with Gasteiger partial charge in [0.05, 0.1) is 18.0 Å². The summed E-state index contributed by atoms with van der Waals surface area (Å²) >= 11 is 0. The highest BCUT2D eigenvalue weighted by Crippen LogP contribution is 2.33. The monoisotopic (exact) mass is 444 g/mol. The average Bonchev–Trinajstić information content (AvgIpc) is 2.78. The minimum atomic E-state index is -4.42. The Kier molecular flexibility index (Phi) is 5.90. The lowest BCUT2D eigenvalue weighted by molar-refractivity contribution is -0.138. The van der Waals surface area contributed by atoms with Gasteiger partial charge in [-0.3, -0.25) is 9.59 Å². The molecule has 6 nitrogen and oxygen atoms in total. The van der Waals surface area contributed by atoms with Crippen LogP contribution in [0.2, 0.25) is 0 Å². The van der Waals surface area contributed by atoms with Gasteiger partial charge in [-0.15, -0.1) is 0 Å². The van der Waals surface area contributed by atoms with Gasteiger partial charge in [0.15, 0.2) is 0 Å². The molecule has 0 aliphatic carbocycles. The number of fused-ring (bicyclic) bond motifs is 1. The lowest BCUT2D eigenvalue weighted by Gasteiger charge is -2.38. The smallest absolute Gasteiger partial charge is 0.353 e. The summed E-state index contributed by atoms with van der Waals surface area (Å²) in [4.78, 5) is 34.3. The minimum absolute atomic E-state index is 0.0635. The van der Waals surface area contributed by atoms with Crippen LogP contribution in [0.4, 0.5) is 19.0 Å². The molecule has 2 amide bonds. The van der Waals surface area contributed by atoms with E-state index in [4.69, 9.17) is 0 Å². The van der Waals surface area contributed by atoms with Crippen molar-refractivity contribution in [3.63, 3.8) is 0 Å². The number of carbonyl (C=O) groups is 2. The van der Waals surface area contributed by atoms with Crippen molar-refractivity contribution in [3.8, 4) is 0 Å². The predicted octanol–water partition coefficient (Wildman–Crippen LogP) is 3.71. The Hall–Kier alpha value is -3.36. The SMILES string of the molecule is CC(=O)N1C=Cc2ccccc2[C@H]1CC(=O)N1CCN(c2ccc(C(F)(F)F)cn2)CC1. The quantitative estimate of drug-likeness (QED) is 0.724. The summed E-state index contributed by atoms with van der Waals surface area (Å²) in [6.45, 7) is 3.30. The Morgan fingerprint density at radius 2 is 1.78 bits per heavy atom. The maximum absolute atomic E-state index is 13.0. The number of aromatic nitrogens is 1. The molecule has 0 saturated carbocycles. The number of rotatable bonds is 3. The van der Waals surface area contributed by atoms with Gasteiger partial charge in [0.25, 0.3) is 0 Å². The van der Waals surface area contributed by atoms with Gasteiger partial charge in [-0.25, -0.2) is 4.98 Å². The molecule has 2 aliphatic heterocycles. The van der Waals surface area contributed by atoms with E-state index in [0.29, 0.717) is 32.0 Å². The number of hydrogen-bond acceptors (Lipinski definition) is 4. The fourth-order valence-electron chi connectivity index (χ4n) is 4.13. The summed E-state index contributed by atoms with van der Waals surface area (Å²) in [5.74, 6) is 0.261. The topological polar surface area (TPSA) is 56.8 Å². The largest absolute Gasteiger partial charge is 0.417 e. The summed E-state index contributed by atoms with van der Waals surface area (Å²) in [6, 6.07) is 9.71. The lowest BCUT2D eigenvalue weighted by Crippen LogP contribution is -2.49. The van der Waals surface area contributed by atoms with Gasteiger partial charge in [0, 0.05) is 45.5 Å². The van der Waals surface area contributed by atoms with Crippen molar-refractivity contribution in [2.24, 2.45) is 0 Å². The molecule has 0 N–H and O–H groups in total. The van der Waals surface area contributed by atoms with E-state index in [1.165, 1.54) is 13.0 Å². The number of piperazine rings is 1. The first kappa shape index (κ1) is 21.9. The molecular formula is C23H23F3N4O2. The molecule has 32 heavy (non-hydrogen) atoms. The van der Waals surface area contributed by atoms with E-state index in [1.807, 2.05) is 35.2 Å². The molecule has 1 fully saturated rings. The van der Waals surface area contributed by atoms with Crippen molar-refractivity contribution in [2.75, 3.05) is 31.1 Å². The molecule has 0 radical (unpaired) electrons. The first-order valence-electron chi connectivity index (χ1n) is 10.4. The molecule has 2 aromatic rings. The van der Waals surface area contributed by atoms with E-state index >= 15 is 0 Å². The van der Waals surface area contributed by atoms with Crippen LogP contribution in [-0.2, 0) is 15.8 Å². The van der Waals surface area contributed by atoms with Crippen molar-refractivity contribution in [1.82, 2.24) is 14.8 Å². The number of hydrogen-bond donors (Lipinski definition) is 0. The van der Waals surface area contributed by atoms with Gasteiger partial charge in [0.1, 0.15) is 5.82 Å². The fraction of sp³-hybridized carbons (Fsp3) is 0.348. The van der Waals surface area contributed by atoms with Crippen LogP contribution in [-0.4, -0.2) is 52.8 Å². The highest BCUT2D eigenvalue weighted by atomic mass is 19.4. The van der Waals surface area contributed by atoms with E-state index < -0.39 is 11.7 Å². The number of carbonyl (C=O) groups excluding carboxylic acids is 2. The second kappa shape index (κ2) is 8.64. The maximum Gasteiger partial charge on any atom is 0.417 e. The molecule has 3 heterocycles. The van der Waals surface area contributed by atoms with Crippen molar-refractivity contribution in [2.45, 2.75) is 25.6 Å². The lowest BCUT2D eigenvalue weighted by atomic mass is 9.93. The van der Waals surface area contributed by atoms with Crippen molar-refractivity contribution >= 4 is 23.7 Å². The number of amides is 2. The summed E-state index contributed by atoms with van der Waals surface area (Å²) in [7, 11) is 0. The van der Waals surface area contributed by atoms with Gasteiger partial charge >= 0.3 is 6.18 Å². The highest BCUT2D eigenvalue weighted by Gasteiger charge is 2.32. The molecule has 0 spiro atoms. The predicted molar refractivity (Wildman–Crippen MR) is 113 cm³/mol. The Balaban J connectivity index is 1.40. The van der Waals surface area contributed by atoms with Crippen LogP contribution < -0.4 is 4.90 Å². The van der Waals surface area contributed by atoms with Gasteiger partial charge in [0.2, 0.25) is 11.8 Å². The van der Waals surface area contributed by atoms with Crippen LogP contribution in [0.1, 0.15) is 36.1 Å². The number of pyridine rings is 1. The zero-order valence-corrected chi connectivity index (χ0v) is 17.5. The molecule has 0 bridgehead atoms. The number of anilines is 1. The van der Waals surface area contributed by atoms with Crippen LogP contribution in [0.5, 0.6) is 0 Å². The summed E-state index contributed by atoms with van der Waals surface area (Å²) < 4.78 is 38.2. The number of nitrogens with zero attached hydrogens (tertiary/aromatic N) is 4. The van der Waals surface area contributed by atoms with Gasteiger partial charge in [-0.2, -0.15) is 13.2 Å². The molecule has 1 aromatic carbocycles. The molecule has 168 valence electrons. The Bertz CT molecular complexity index is 1030. The third kappa shape index (κ3) is 4.46. The highest BCUT2D eigenvalue weighted by molar-refractivity contribution is 5.82. The zero-order valence-electron chi connectivity index (χ0n) is 17.5. The molecule has 9 heteroatoms. The van der Waals surface area contributed by atoms with Gasteiger partial charge < -0.3 is 14.7 Å². The van der Waals surface area contributed by atoms with E-state index in [-0.39, 0.29) is 24.3 Å². The molecule has 2 aliphatic rings. The normalized spacial score (nSPS) is 18.5. The maximum atomic E-state index is 13.0. The zero-order chi connectivity index (χ0) is 22.9. The molecular weight excluding hydrogens is 421 g/mol. The Labute approximate surface area is 183 Å². The second-order valence-corrected chi connectivity index (χ2v) is 7.86.